The van der Waals surface area contributed by atoms with E-state index >= 15 is 0 Å². The Labute approximate surface area is 185 Å². The average molecular weight is 436 g/mol. The lowest BCUT2D eigenvalue weighted by Gasteiger charge is -2.30. The van der Waals surface area contributed by atoms with E-state index in [0.29, 0.717) is 35.6 Å². The van der Waals surface area contributed by atoms with Gasteiger partial charge in [0, 0.05) is 42.5 Å². The number of ether oxygens (including phenoxy) is 1. The summed E-state index contributed by atoms with van der Waals surface area (Å²) in [4.78, 5) is 39.9. The summed E-state index contributed by atoms with van der Waals surface area (Å²) in [6.45, 7) is 4.95. The number of anilines is 1. The van der Waals surface area contributed by atoms with E-state index in [4.69, 9.17) is 4.74 Å². The third-order valence-corrected chi connectivity index (χ3v) is 5.50. The highest BCUT2D eigenvalue weighted by atomic mass is 16.6. The van der Waals surface area contributed by atoms with Crippen molar-refractivity contribution in [1.29, 1.82) is 0 Å². The van der Waals surface area contributed by atoms with Gasteiger partial charge in [0.25, 0.3) is 11.6 Å². The molecule has 9 heteroatoms. The minimum absolute atomic E-state index is 0.0878. The number of nitrogens with zero attached hydrogens (tertiary/aromatic N) is 3. The normalized spacial score (nSPS) is 17.9. The molecule has 0 aliphatic carbocycles. The van der Waals surface area contributed by atoms with Crippen molar-refractivity contribution >= 4 is 28.9 Å². The van der Waals surface area contributed by atoms with Gasteiger partial charge < -0.3 is 19.9 Å². The number of non-ortho nitro benzene ring substituents is 1. The van der Waals surface area contributed by atoms with Crippen LogP contribution in [0.15, 0.2) is 54.2 Å². The van der Waals surface area contributed by atoms with Crippen molar-refractivity contribution in [2.24, 2.45) is 0 Å². The van der Waals surface area contributed by atoms with Crippen LogP contribution in [0.5, 0.6) is 0 Å². The smallest absolute Gasteiger partial charge is 0.410 e. The zero-order valence-electron chi connectivity index (χ0n) is 17.9. The Hall–Kier alpha value is -3.88. The van der Waals surface area contributed by atoms with Crippen molar-refractivity contribution in [3.05, 3.63) is 75.5 Å². The number of rotatable bonds is 4. The van der Waals surface area contributed by atoms with Crippen LogP contribution in [0.3, 0.4) is 0 Å². The molecular weight excluding hydrogens is 412 g/mol. The summed E-state index contributed by atoms with van der Waals surface area (Å²) in [7, 11) is 0. The summed E-state index contributed by atoms with van der Waals surface area (Å²) >= 11 is 0. The van der Waals surface area contributed by atoms with Gasteiger partial charge in [0.1, 0.15) is 6.61 Å². The lowest BCUT2D eigenvalue weighted by atomic mass is 10.0. The molecule has 166 valence electrons. The number of carbonyl (C=O) groups is 2. The van der Waals surface area contributed by atoms with Crippen molar-refractivity contribution in [2.45, 2.75) is 26.5 Å². The lowest BCUT2D eigenvalue weighted by Crippen LogP contribution is -2.46. The summed E-state index contributed by atoms with van der Waals surface area (Å²) in [5.41, 5.74) is 2.84. The van der Waals surface area contributed by atoms with E-state index < -0.39 is 11.0 Å². The van der Waals surface area contributed by atoms with Gasteiger partial charge in [-0.1, -0.05) is 30.3 Å². The summed E-state index contributed by atoms with van der Waals surface area (Å²) in [5.74, 6) is -0.238. The van der Waals surface area contributed by atoms with Crippen molar-refractivity contribution in [3.8, 4) is 0 Å². The molecule has 0 atom stereocenters. The Morgan fingerprint density at radius 3 is 2.66 bits per heavy atom. The quantitative estimate of drug-likeness (QED) is 0.448. The predicted molar refractivity (Wildman–Crippen MR) is 119 cm³/mol. The average Bonchev–Trinajstić information content (AvgIpc) is 3.09. The second kappa shape index (κ2) is 8.70. The maximum Gasteiger partial charge on any atom is 0.410 e. The van der Waals surface area contributed by atoms with Gasteiger partial charge in [-0.3, -0.25) is 14.9 Å². The molecule has 0 saturated carbocycles. The molecule has 1 saturated heterocycles. The van der Waals surface area contributed by atoms with Crippen LogP contribution in [-0.4, -0.2) is 47.5 Å². The number of fused-ring (bicyclic) bond motifs is 1. The monoisotopic (exact) mass is 436 g/mol. The number of amides is 2. The fourth-order valence-electron chi connectivity index (χ4n) is 4.00. The van der Waals surface area contributed by atoms with Gasteiger partial charge in [0.05, 0.1) is 22.7 Å². The van der Waals surface area contributed by atoms with E-state index in [1.165, 1.54) is 17.0 Å². The molecule has 0 radical (unpaired) electrons. The predicted octanol–water partition coefficient (Wildman–Crippen LogP) is 3.30. The minimum atomic E-state index is -0.480. The highest BCUT2D eigenvalue weighted by Gasteiger charge is 2.38. The summed E-state index contributed by atoms with van der Waals surface area (Å²) < 4.78 is 5.44. The van der Waals surface area contributed by atoms with Crippen molar-refractivity contribution in [2.75, 3.05) is 24.5 Å². The van der Waals surface area contributed by atoms with E-state index in [1.807, 2.05) is 44.2 Å². The number of hydrogen-bond donors (Lipinski definition) is 1. The van der Waals surface area contributed by atoms with Crippen LogP contribution >= 0.6 is 0 Å². The van der Waals surface area contributed by atoms with Gasteiger partial charge in [-0.25, -0.2) is 4.79 Å². The zero-order chi connectivity index (χ0) is 22.8. The Morgan fingerprint density at radius 1 is 1.22 bits per heavy atom. The second-order valence-corrected chi connectivity index (χ2v) is 7.97. The SMILES string of the molecule is CC(C)N1C(=O)/C(=C2/CN(C(=O)OCc3ccccc3)CCN2)c2cc([N+](=O)[O-])ccc21. The van der Waals surface area contributed by atoms with Crippen LogP contribution < -0.4 is 10.2 Å². The molecule has 0 spiro atoms. The van der Waals surface area contributed by atoms with E-state index in [2.05, 4.69) is 5.32 Å². The molecule has 1 N–H and O–H groups in total. The van der Waals surface area contributed by atoms with E-state index in [-0.39, 0.29) is 30.8 Å². The molecular formula is C23H24N4O5. The molecule has 9 nitrogen and oxygen atoms in total. The standard InChI is InChI=1S/C23H24N4O5/c1-15(2)26-20-9-8-17(27(30)31)12-18(20)21(22(26)28)19-13-25(11-10-24-19)23(29)32-14-16-6-4-3-5-7-16/h3-9,12,15,24H,10-11,13-14H2,1-2H3/b21-19-. The number of piperazine rings is 1. The third-order valence-electron chi connectivity index (χ3n) is 5.50. The molecule has 2 amide bonds. The Kier molecular flexibility index (Phi) is 5.81. The van der Waals surface area contributed by atoms with Gasteiger partial charge >= 0.3 is 6.09 Å². The maximum atomic E-state index is 13.3. The number of nitro groups is 1. The van der Waals surface area contributed by atoms with Crippen molar-refractivity contribution in [3.63, 3.8) is 0 Å². The molecule has 2 aliphatic rings. The van der Waals surface area contributed by atoms with Gasteiger partial charge in [0.15, 0.2) is 0 Å². The third kappa shape index (κ3) is 4.01. The van der Waals surface area contributed by atoms with Crippen LogP contribution in [0.1, 0.15) is 25.0 Å². The highest BCUT2D eigenvalue weighted by Crippen LogP contribution is 2.41. The van der Waals surface area contributed by atoms with Crippen molar-refractivity contribution in [1.82, 2.24) is 10.2 Å². The molecule has 0 unspecified atom stereocenters. The number of nitrogens with one attached hydrogen (secondary N) is 1. The van der Waals surface area contributed by atoms with Crippen LogP contribution in [0.25, 0.3) is 5.57 Å². The van der Waals surface area contributed by atoms with Gasteiger partial charge in [0.2, 0.25) is 0 Å². The number of nitro benzene ring substituents is 1. The van der Waals surface area contributed by atoms with Crippen LogP contribution in [0.2, 0.25) is 0 Å². The molecule has 4 rings (SSSR count). The first-order valence-electron chi connectivity index (χ1n) is 10.4. The van der Waals surface area contributed by atoms with Gasteiger partial charge in [-0.05, 0) is 25.5 Å². The Morgan fingerprint density at radius 2 is 1.97 bits per heavy atom. The number of benzene rings is 2. The highest BCUT2D eigenvalue weighted by molar-refractivity contribution is 6.33. The van der Waals surface area contributed by atoms with E-state index in [0.717, 1.165) is 5.56 Å². The summed E-state index contributed by atoms with van der Waals surface area (Å²) in [5, 5.41) is 14.5. The molecule has 2 aromatic carbocycles. The topological polar surface area (TPSA) is 105 Å². The Bertz CT molecular complexity index is 1100. The number of carbonyl (C=O) groups excluding carboxylic acids is 2. The minimum Gasteiger partial charge on any atom is -0.445 e. The zero-order valence-corrected chi connectivity index (χ0v) is 17.9. The molecule has 2 aliphatic heterocycles. The molecule has 0 aromatic heterocycles. The number of hydrogen-bond acceptors (Lipinski definition) is 6. The van der Waals surface area contributed by atoms with Crippen LogP contribution in [0.4, 0.5) is 16.2 Å². The lowest BCUT2D eigenvalue weighted by molar-refractivity contribution is -0.384. The largest absolute Gasteiger partial charge is 0.445 e. The first-order valence-corrected chi connectivity index (χ1v) is 10.4. The van der Waals surface area contributed by atoms with E-state index in [1.54, 1.807) is 11.0 Å². The van der Waals surface area contributed by atoms with Crippen LogP contribution in [0, 0.1) is 10.1 Å². The van der Waals surface area contributed by atoms with E-state index in [9.17, 15) is 19.7 Å². The van der Waals surface area contributed by atoms with Crippen LogP contribution in [-0.2, 0) is 16.1 Å². The Balaban J connectivity index is 1.62. The maximum absolute atomic E-state index is 13.3. The fourth-order valence-corrected chi connectivity index (χ4v) is 4.00. The summed E-state index contributed by atoms with van der Waals surface area (Å²) in [6, 6.07) is 13.7. The molecule has 0 bridgehead atoms. The van der Waals surface area contributed by atoms with Gasteiger partial charge in [-0.2, -0.15) is 0 Å². The van der Waals surface area contributed by atoms with Crippen molar-refractivity contribution < 1.29 is 19.2 Å². The summed E-state index contributed by atoms with van der Waals surface area (Å²) in [6.07, 6.45) is -0.473. The fraction of sp³-hybridized carbons (Fsp3) is 0.304. The second-order valence-electron chi connectivity index (χ2n) is 7.97. The first-order chi connectivity index (χ1) is 15.4. The first kappa shape index (κ1) is 21.4. The molecule has 2 heterocycles. The van der Waals surface area contributed by atoms with Gasteiger partial charge in [-0.15, -0.1) is 0 Å². The molecule has 32 heavy (non-hydrogen) atoms. The molecule has 1 fully saturated rings. The molecule has 2 aromatic rings.